The van der Waals surface area contributed by atoms with E-state index in [1.54, 1.807) is 0 Å². The van der Waals surface area contributed by atoms with E-state index in [-0.39, 0.29) is 23.5 Å². The Morgan fingerprint density at radius 3 is 2.57 bits per heavy atom. The van der Waals surface area contributed by atoms with Crippen molar-refractivity contribution in [3.63, 3.8) is 0 Å². The molecule has 1 heterocycles. The van der Waals surface area contributed by atoms with Crippen LogP contribution in [0.25, 0.3) is 0 Å². The molecule has 1 aromatic rings. The van der Waals surface area contributed by atoms with Crippen molar-refractivity contribution in [3.05, 3.63) is 28.2 Å². The first-order chi connectivity index (χ1) is 10.8. The molecule has 0 atom stereocenters. The molecule has 0 saturated carbocycles. The van der Waals surface area contributed by atoms with Crippen LogP contribution >= 0.6 is 15.9 Å². The number of benzene rings is 1. The highest BCUT2D eigenvalue weighted by molar-refractivity contribution is 9.10. The molecule has 126 valence electrons. The predicted molar refractivity (Wildman–Crippen MR) is 83.2 cm³/mol. The summed E-state index contributed by atoms with van der Waals surface area (Å²) < 4.78 is 36.8. The fourth-order valence-electron chi connectivity index (χ4n) is 1.97. The minimum atomic E-state index is -3.77. The third-order valence-corrected chi connectivity index (χ3v) is 5.99. The second kappa shape index (κ2) is 7.39. The lowest BCUT2D eigenvalue weighted by atomic mass is 10.2. The Hall–Kier alpha value is -1.49. The van der Waals surface area contributed by atoms with Crippen LogP contribution in [0.5, 0.6) is 0 Å². The second-order valence-electron chi connectivity index (χ2n) is 4.70. The first kappa shape index (κ1) is 17.9. The number of esters is 1. The number of halogens is 1. The van der Waals surface area contributed by atoms with E-state index in [0.29, 0.717) is 17.7 Å². The molecule has 23 heavy (non-hydrogen) atoms. The molecule has 2 N–H and O–H groups in total. The van der Waals surface area contributed by atoms with E-state index >= 15 is 0 Å². The molecular weight excluding hydrogens is 392 g/mol. The SMILES string of the molecule is NC(=O)COC(=O)c1ccc(Br)c(S(=O)(=O)N2CCOCC2)c1. The monoisotopic (exact) mass is 406 g/mol. The number of nitrogens with zero attached hydrogens (tertiary/aromatic N) is 1. The molecule has 8 nitrogen and oxygen atoms in total. The molecular formula is C13H15BrN2O6S. The Balaban J connectivity index is 2.29. The van der Waals surface area contributed by atoms with Gasteiger partial charge in [-0.05, 0) is 34.1 Å². The maximum atomic E-state index is 12.7. The van der Waals surface area contributed by atoms with E-state index in [1.807, 2.05) is 0 Å². The summed E-state index contributed by atoms with van der Waals surface area (Å²) in [6, 6.07) is 4.04. The van der Waals surface area contributed by atoms with E-state index in [2.05, 4.69) is 20.7 Å². The van der Waals surface area contributed by atoms with E-state index in [0.717, 1.165) is 0 Å². The van der Waals surface area contributed by atoms with Gasteiger partial charge in [0.2, 0.25) is 10.0 Å². The van der Waals surface area contributed by atoms with Gasteiger partial charge in [0, 0.05) is 17.6 Å². The number of sulfonamides is 1. The number of rotatable bonds is 5. The Morgan fingerprint density at radius 2 is 1.96 bits per heavy atom. The van der Waals surface area contributed by atoms with E-state index < -0.39 is 28.5 Å². The standard InChI is InChI=1S/C13H15BrN2O6S/c14-10-2-1-9(13(18)22-8-12(15)17)7-11(10)23(19,20)16-3-5-21-6-4-16/h1-2,7H,3-6,8H2,(H2,15,17). The molecule has 1 aliphatic rings. The van der Waals surface area contributed by atoms with Gasteiger partial charge in [0.15, 0.2) is 6.61 Å². The molecule has 1 saturated heterocycles. The maximum Gasteiger partial charge on any atom is 0.338 e. The normalized spacial score (nSPS) is 16.0. The van der Waals surface area contributed by atoms with E-state index in [1.165, 1.54) is 22.5 Å². The molecule has 1 aromatic carbocycles. The van der Waals surface area contributed by atoms with Crippen LogP contribution in [0.1, 0.15) is 10.4 Å². The van der Waals surface area contributed by atoms with Gasteiger partial charge in [0.1, 0.15) is 0 Å². The van der Waals surface area contributed by atoms with E-state index in [4.69, 9.17) is 10.5 Å². The summed E-state index contributed by atoms with van der Waals surface area (Å²) in [5.74, 6) is -1.62. The molecule has 2 rings (SSSR count). The summed E-state index contributed by atoms with van der Waals surface area (Å²) in [5, 5.41) is 0. The van der Waals surface area contributed by atoms with Crippen molar-refractivity contribution in [2.24, 2.45) is 5.73 Å². The van der Waals surface area contributed by atoms with Gasteiger partial charge in [0.25, 0.3) is 5.91 Å². The highest BCUT2D eigenvalue weighted by Crippen LogP contribution is 2.27. The first-order valence-electron chi connectivity index (χ1n) is 6.65. The maximum absolute atomic E-state index is 12.7. The summed E-state index contributed by atoms with van der Waals surface area (Å²) in [7, 11) is -3.77. The molecule has 1 fully saturated rings. The Kier molecular flexibility index (Phi) is 5.74. The van der Waals surface area contributed by atoms with Crippen LogP contribution in [-0.2, 0) is 24.3 Å². The van der Waals surface area contributed by atoms with Crippen molar-refractivity contribution in [2.75, 3.05) is 32.9 Å². The molecule has 0 aromatic heterocycles. The van der Waals surface area contributed by atoms with Crippen molar-refractivity contribution in [2.45, 2.75) is 4.90 Å². The average Bonchev–Trinajstić information content (AvgIpc) is 2.53. The minimum Gasteiger partial charge on any atom is -0.452 e. The molecule has 1 aliphatic heterocycles. The lowest BCUT2D eigenvalue weighted by molar-refractivity contribution is -0.121. The molecule has 0 spiro atoms. The van der Waals surface area contributed by atoms with Crippen molar-refractivity contribution >= 4 is 37.8 Å². The number of ether oxygens (including phenoxy) is 2. The Morgan fingerprint density at radius 1 is 1.30 bits per heavy atom. The summed E-state index contributed by atoms with van der Waals surface area (Å²) >= 11 is 3.18. The summed E-state index contributed by atoms with van der Waals surface area (Å²) in [6.07, 6.45) is 0. The smallest absolute Gasteiger partial charge is 0.338 e. The molecule has 0 bridgehead atoms. The fraction of sp³-hybridized carbons (Fsp3) is 0.385. The lowest BCUT2D eigenvalue weighted by Crippen LogP contribution is -2.40. The van der Waals surface area contributed by atoms with Crippen LogP contribution in [-0.4, -0.2) is 57.5 Å². The number of nitrogens with two attached hydrogens (primary N) is 1. The Bertz CT molecular complexity index is 715. The highest BCUT2D eigenvalue weighted by atomic mass is 79.9. The van der Waals surface area contributed by atoms with Crippen LogP contribution in [0.2, 0.25) is 0 Å². The van der Waals surface area contributed by atoms with Gasteiger partial charge >= 0.3 is 5.97 Å². The number of carbonyl (C=O) groups is 2. The van der Waals surface area contributed by atoms with Gasteiger partial charge in [-0.1, -0.05) is 0 Å². The van der Waals surface area contributed by atoms with Crippen LogP contribution in [0.15, 0.2) is 27.6 Å². The van der Waals surface area contributed by atoms with Gasteiger partial charge in [-0.2, -0.15) is 4.31 Å². The third kappa shape index (κ3) is 4.28. The van der Waals surface area contributed by atoms with Gasteiger partial charge in [-0.3, -0.25) is 4.79 Å². The zero-order chi connectivity index (χ0) is 17.0. The number of carbonyl (C=O) groups excluding carboxylic acids is 2. The van der Waals surface area contributed by atoms with Crippen LogP contribution in [0.3, 0.4) is 0 Å². The van der Waals surface area contributed by atoms with Crippen molar-refractivity contribution in [1.82, 2.24) is 4.31 Å². The Labute approximate surface area is 141 Å². The van der Waals surface area contributed by atoms with Crippen LogP contribution in [0, 0.1) is 0 Å². The van der Waals surface area contributed by atoms with Gasteiger partial charge in [-0.15, -0.1) is 0 Å². The lowest BCUT2D eigenvalue weighted by Gasteiger charge is -2.26. The van der Waals surface area contributed by atoms with Crippen LogP contribution in [0.4, 0.5) is 0 Å². The minimum absolute atomic E-state index is 0.0151. The number of hydrogen-bond acceptors (Lipinski definition) is 6. The third-order valence-electron chi connectivity index (χ3n) is 3.10. The molecule has 10 heteroatoms. The van der Waals surface area contributed by atoms with E-state index in [9.17, 15) is 18.0 Å². The number of hydrogen-bond donors (Lipinski definition) is 1. The van der Waals surface area contributed by atoms with Crippen LogP contribution < -0.4 is 5.73 Å². The summed E-state index contributed by atoms with van der Waals surface area (Å²) in [5.41, 5.74) is 4.92. The largest absolute Gasteiger partial charge is 0.452 e. The molecule has 1 amide bonds. The van der Waals surface area contributed by atoms with Crippen molar-refractivity contribution in [1.29, 1.82) is 0 Å². The van der Waals surface area contributed by atoms with Crippen molar-refractivity contribution < 1.29 is 27.5 Å². The molecule has 0 unspecified atom stereocenters. The first-order valence-corrected chi connectivity index (χ1v) is 8.88. The van der Waals surface area contributed by atoms with Gasteiger partial charge in [-0.25, -0.2) is 13.2 Å². The fourth-order valence-corrected chi connectivity index (χ4v) is 4.33. The zero-order valence-electron chi connectivity index (χ0n) is 12.0. The molecule has 0 aliphatic carbocycles. The van der Waals surface area contributed by atoms with Crippen molar-refractivity contribution in [3.8, 4) is 0 Å². The average molecular weight is 407 g/mol. The molecule has 0 radical (unpaired) electrons. The topological polar surface area (TPSA) is 116 Å². The predicted octanol–water partition coefficient (Wildman–Crippen LogP) is 0.112. The number of primary amides is 1. The summed E-state index contributed by atoms with van der Waals surface area (Å²) in [6.45, 7) is 0.547. The van der Waals surface area contributed by atoms with Gasteiger partial charge in [0.05, 0.1) is 23.7 Å². The quantitative estimate of drug-likeness (QED) is 0.693. The highest BCUT2D eigenvalue weighted by Gasteiger charge is 2.29. The number of morpholine rings is 1. The summed E-state index contributed by atoms with van der Waals surface area (Å²) in [4.78, 5) is 22.4. The number of amides is 1. The second-order valence-corrected chi connectivity index (χ2v) is 7.46. The zero-order valence-corrected chi connectivity index (χ0v) is 14.4. The van der Waals surface area contributed by atoms with Gasteiger partial charge < -0.3 is 15.2 Å².